The van der Waals surface area contributed by atoms with E-state index < -0.39 is 16.6 Å². The zero-order chi connectivity index (χ0) is 14.4. The lowest BCUT2D eigenvalue weighted by atomic mass is 10.3. The highest BCUT2D eigenvalue weighted by Crippen LogP contribution is 2.17. The molecule has 0 amide bonds. The van der Waals surface area contributed by atoms with Crippen molar-refractivity contribution < 1.29 is 13.0 Å². The van der Waals surface area contributed by atoms with Gasteiger partial charge in [-0.25, -0.2) is 4.39 Å². The van der Waals surface area contributed by atoms with Gasteiger partial charge in [0, 0.05) is 0 Å². The Labute approximate surface area is 120 Å². The van der Waals surface area contributed by atoms with E-state index in [1.807, 2.05) is 6.07 Å². The van der Waals surface area contributed by atoms with Gasteiger partial charge in [-0.2, -0.15) is 0 Å². The highest BCUT2D eigenvalue weighted by molar-refractivity contribution is 7.84. The Morgan fingerprint density at radius 2 is 1.95 bits per heavy atom. The minimum absolute atomic E-state index is 0.189. The van der Waals surface area contributed by atoms with Gasteiger partial charge in [-0.3, -0.25) is 4.21 Å². The quantitative estimate of drug-likeness (QED) is 0.797. The standard InChI is InChI=1S/C15H18FNO2S/c1-2-9-17-10-12-7-8-13(19-12)11-20(18)15-6-4-3-5-14(15)16/h3-8,17H,2,9-11H2,1H3. The van der Waals surface area contributed by atoms with Crippen molar-refractivity contribution in [3.8, 4) is 0 Å². The number of benzene rings is 1. The molecule has 2 rings (SSSR count). The molecule has 0 aliphatic carbocycles. The number of rotatable bonds is 7. The topological polar surface area (TPSA) is 42.2 Å². The van der Waals surface area contributed by atoms with E-state index in [1.165, 1.54) is 12.1 Å². The molecule has 1 unspecified atom stereocenters. The number of hydrogen-bond acceptors (Lipinski definition) is 3. The average molecular weight is 295 g/mol. The van der Waals surface area contributed by atoms with E-state index in [-0.39, 0.29) is 10.6 Å². The third-order valence-electron chi connectivity index (χ3n) is 2.80. The van der Waals surface area contributed by atoms with Crippen molar-refractivity contribution in [1.29, 1.82) is 0 Å². The van der Waals surface area contributed by atoms with Gasteiger partial charge < -0.3 is 9.73 Å². The zero-order valence-corrected chi connectivity index (χ0v) is 12.2. The largest absolute Gasteiger partial charge is 0.464 e. The van der Waals surface area contributed by atoms with Crippen LogP contribution in [0.2, 0.25) is 0 Å². The molecule has 108 valence electrons. The number of hydrogen-bond donors (Lipinski definition) is 1. The van der Waals surface area contributed by atoms with Crippen molar-refractivity contribution in [2.75, 3.05) is 6.54 Å². The van der Waals surface area contributed by atoms with Gasteiger partial charge in [0.15, 0.2) is 0 Å². The second-order valence-corrected chi connectivity index (χ2v) is 5.88. The molecule has 0 spiro atoms. The Hall–Kier alpha value is -1.46. The molecule has 0 aliphatic rings. The van der Waals surface area contributed by atoms with Crippen LogP contribution in [-0.4, -0.2) is 10.8 Å². The molecule has 0 fully saturated rings. The molecule has 0 saturated carbocycles. The molecule has 3 nitrogen and oxygen atoms in total. The summed E-state index contributed by atoms with van der Waals surface area (Å²) in [5.41, 5.74) is 0. The van der Waals surface area contributed by atoms with Gasteiger partial charge in [-0.15, -0.1) is 0 Å². The highest BCUT2D eigenvalue weighted by Gasteiger charge is 2.12. The molecule has 1 heterocycles. The van der Waals surface area contributed by atoms with Crippen molar-refractivity contribution >= 4 is 10.8 Å². The summed E-state index contributed by atoms with van der Waals surface area (Å²) >= 11 is 0. The maximum Gasteiger partial charge on any atom is 0.139 e. The van der Waals surface area contributed by atoms with E-state index in [0.29, 0.717) is 12.3 Å². The Morgan fingerprint density at radius 1 is 1.20 bits per heavy atom. The normalized spacial score (nSPS) is 12.5. The van der Waals surface area contributed by atoms with Crippen LogP contribution >= 0.6 is 0 Å². The second kappa shape index (κ2) is 7.36. The van der Waals surface area contributed by atoms with Gasteiger partial charge in [0.1, 0.15) is 17.3 Å². The lowest BCUT2D eigenvalue weighted by molar-refractivity contribution is 0.458. The monoisotopic (exact) mass is 295 g/mol. The van der Waals surface area contributed by atoms with Crippen LogP contribution in [0.25, 0.3) is 0 Å². The Balaban J connectivity index is 1.97. The van der Waals surface area contributed by atoms with E-state index in [0.717, 1.165) is 18.7 Å². The molecule has 0 aliphatic heterocycles. The molecule has 0 bridgehead atoms. The fourth-order valence-electron chi connectivity index (χ4n) is 1.82. The van der Waals surface area contributed by atoms with E-state index >= 15 is 0 Å². The van der Waals surface area contributed by atoms with Crippen LogP contribution in [0.3, 0.4) is 0 Å². The summed E-state index contributed by atoms with van der Waals surface area (Å²) in [6.07, 6.45) is 1.06. The van der Waals surface area contributed by atoms with E-state index in [4.69, 9.17) is 4.42 Å². The predicted octanol–water partition coefficient (Wildman–Crippen LogP) is 3.23. The van der Waals surface area contributed by atoms with Crippen molar-refractivity contribution in [3.63, 3.8) is 0 Å². The maximum absolute atomic E-state index is 13.5. The minimum atomic E-state index is -1.43. The first-order valence-corrected chi connectivity index (χ1v) is 7.93. The van der Waals surface area contributed by atoms with E-state index in [1.54, 1.807) is 18.2 Å². The van der Waals surface area contributed by atoms with Crippen LogP contribution in [0.4, 0.5) is 4.39 Å². The molecule has 0 saturated heterocycles. The van der Waals surface area contributed by atoms with Crippen molar-refractivity contribution in [2.24, 2.45) is 0 Å². The van der Waals surface area contributed by atoms with Crippen LogP contribution in [0, 0.1) is 5.82 Å². The van der Waals surface area contributed by atoms with Crippen LogP contribution in [0.15, 0.2) is 45.7 Å². The molecule has 0 radical (unpaired) electrons. The first-order chi connectivity index (χ1) is 9.70. The van der Waals surface area contributed by atoms with E-state index in [2.05, 4.69) is 12.2 Å². The molecule has 1 N–H and O–H groups in total. The average Bonchev–Trinajstić information content (AvgIpc) is 2.87. The van der Waals surface area contributed by atoms with Crippen molar-refractivity contribution in [2.45, 2.75) is 30.5 Å². The predicted molar refractivity (Wildman–Crippen MR) is 77.2 cm³/mol. The molecule has 2 aromatic rings. The van der Waals surface area contributed by atoms with Crippen molar-refractivity contribution in [3.05, 3.63) is 53.7 Å². The Bertz CT molecular complexity index is 583. The van der Waals surface area contributed by atoms with Crippen LogP contribution in [-0.2, 0) is 23.1 Å². The summed E-state index contributed by atoms with van der Waals surface area (Å²) in [7, 11) is -1.43. The van der Waals surface area contributed by atoms with Gasteiger partial charge in [0.05, 0.1) is 28.0 Å². The lowest BCUT2D eigenvalue weighted by Gasteiger charge is -2.02. The maximum atomic E-state index is 13.5. The van der Waals surface area contributed by atoms with Crippen LogP contribution in [0.1, 0.15) is 24.9 Å². The molecule has 1 atom stereocenters. The SMILES string of the molecule is CCCNCc1ccc(CS(=O)c2ccccc2F)o1. The van der Waals surface area contributed by atoms with E-state index in [9.17, 15) is 8.60 Å². The first kappa shape index (κ1) is 14.9. The zero-order valence-electron chi connectivity index (χ0n) is 11.4. The van der Waals surface area contributed by atoms with Gasteiger partial charge in [0.25, 0.3) is 0 Å². The summed E-state index contributed by atoms with van der Waals surface area (Å²) in [6.45, 7) is 3.68. The molecule has 20 heavy (non-hydrogen) atoms. The summed E-state index contributed by atoms with van der Waals surface area (Å²) in [5.74, 6) is 1.16. The van der Waals surface area contributed by atoms with Gasteiger partial charge in [-0.1, -0.05) is 19.1 Å². The van der Waals surface area contributed by atoms with Gasteiger partial charge in [-0.05, 0) is 37.2 Å². The van der Waals surface area contributed by atoms with Gasteiger partial charge in [0.2, 0.25) is 0 Å². The van der Waals surface area contributed by atoms with Crippen LogP contribution < -0.4 is 5.32 Å². The Morgan fingerprint density at radius 3 is 2.70 bits per heavy atom. The molecule has 1 aromatic heterocycles. The first-order valence-electron chi connectivity index (χ1n) is 6.62. The molecule has 5 heteroatoms. The third-order valence-corrected chi connectivity index (χ3v) is 4.17. The highest BCUT2D eigenvalue weighted by atomic mass is 32.2. The summed E-state index contributed by atoms with van der Waals surface area (Å²) in [5, 5.41) is 3.23. The Kier molecular flexibility index (Phi) is 5.49. The summed E-state index contributed by atoms with van der Waals surface area (Å²) in [6, 6.07) is 9.77. The minimum Gasteiger partial charge on any atom is -0.464 e. The number of halogens is 1. The number of nitrogens with one attached hydrogen (secondary N) is 1. The van der Waals surface area contributed by atoms with Crippen molar-refractivity contribution in [1.82, 2.24) is 5.32 Å². The van der Waals surface area contributed by atoms with Gasteiger partial charge >= 0.3 is 0 Å². The lowest BCUT2D eigenvalue weighted by Crippen LogP contribution is -2.13. The molecular weight excluding hydrogens is 277 g/mol. The number of furan rings is 1. The fraction of sp³-hybridized carbons (Fsp3) is 0.333. The molecular formula is C15H18FNO2S. The fourth-order valence-corrected chi connectivity index (χ4v) is 2.90. The van der Waals surface area contributed by atoms with Crippen LogP contribution in [0.5, 0.6) is 0 Å². The third kappa shape index (κ3) is 4.02. The smallest absolute Gasteiger partial charge is 0.139 e. The summed E-state index contributed by atoms with van der Waals surface area (Å²) in [4.78, 5) is 0.217. The summed E-state index contributed by atoms with van der Waals surface area (Å²) < 4.78 is 31.2. The molecule has 1 aromatic carbocycles. The second-order valence-electron chi connectivity index (χ2n) is 4.47.